The van der Waals surface area contributed by atoms with E-state index in [2.05, 4.69) is 34.9 Å². The molecule has 0 fully saturated rings. The summed E-state index contributed by atoms with van der Waals surface area (Å²) in [5, 5.41) is 23.4. The Labute approximate surface area is 193 Å². The number of carboxylic acid groups (broad SMARTS) is 1. The van der Waals surface area contributed by atoms with Gasteiger partial charge in [-0.2, -0.15) is 0 Å². The summed E-state index contributed by atoms with van der Waals surface area (Å²) in [4.78, 5) is 35.5. The van der Waals surface area contributed by atoms with Gasteiger partial charge in [0.2, 0.25) is 5.91 Å². The number of carbonyl (C=O) groups is 3. The van der Waals surface area contributed by atoms with E-state index in [9.17, 15) is 19.5 Å². The molecule has 2 aromatic carbocycles. The maximum Gasteiger partial charge on any atom is 0.407 e. The van der Waals surface area contributed by atoms with Gasteiger partial charge in [0.05, 0.1) is 6.61 Å². The zero-order chi connectivity index (χ0) is 24.0. The van der Waals surface area contributed by atoms with E-state index in [-0.39, 0.29) is 24.9 Å². The summed E-state index contributed by atoms with van der Waals surface area (Å²) in [6.45, 7) is 2.92. The number of fused-ring (bicyclic) bond motifs is 3. The lowest BCUT2D eigenvalue weighted by atomic mass is 9.98. The Kier molecular flexibility index (Phi) is 7.71. The number of aliphatic carboxylic acids is 1. The first kappa shape index (κ1) is 24.3. The summed E-state index contributed by atoms with van der Waals surface area (Å²) in [6, 6.07) is 16.2. The fraction of sp³-hybridized carbons (Fsp3) is 0.400. The molecule has 1 aliphatic carbocycles. The van der Waals surface area contributed by atoms with Crippen molar-refractivity contribution >= 4 is 18.0 Å². The molecule has 176 valence electrons. The summed E-state index contributed by atoms with van der Waals surface area (Å²) in [5.74, 6) is -1.89. The predicted octanol–water partition coefficient (Wildman–Crippen LogP) is 2.89. The van der Waals surface area contributed by atoms with Crippen molar-refractivity contribution in [3.8, 4) is 11.1 Å². The van der Waals surface area contributed by atoms with Gasteiger partial charge in [-0.15, -0.1) is 0 Å². The first-order chi connectivity index (χ1) is 15.7. The number of rotatable bonds is 10. The molecule has 8 nitrogen and oxygen atoms in total. The highest BCUT2D eigenvalue weighted by Crippen LogP contribution is 2.44. The van der Waals surface area contributed by atoms with Crippen molar-refractivity contribution in [1.82, 2.24) is 10.6 Å². The van der Waals surface area contributed by atoms with Crippen molar-refractivity contribution in [2.24, 2.45) is 5.92 Å². The van der Waals surface area contributed by atoms with Crippen LogP contribution in [0.4, 0.5) is 4.79 Å². The highest BCUT2D eigenvalue weighted by atomic mass is 16.5. The van der Waals surface area contributed by atoms with E-state index in [0.717, 1.165) is 22.3 Å². The van der Waals surface area contributed by atoms with E-state index < -0.39 is 30.1 Å². The van der Waals surface area contributed by atoms with Crippen molar-refractivity contribution in [1.29, 1.82) is 0 Å². The summed E-state index contributed by atoms with van der Waals surface area (Å²) in [7, 11) is 0. The van der Waals surface area contributed by atoms with Gasteiger partial charge in [-0.05, 0) is 41.5 Å². The molecule has 0 saturated carbocycles. The van der Waals surface area contributed by atoms with Gasteiger partial charge in [-0.25, -0.2) is 9.59 Å². The molecule has 0 aromatic heterocycles. The van der Waals surface area contributed by atoms with E-state index in [0.29, 0.717) is 13.0 Å². The largest absolute Gasteiger partial charge is 0.479 e. The van der Waals surface area contributed by atoms with Crippen molar-refractivity contribution in [3.63, 3.8) is 0 Å². The molecule has 0 saturated heterocycles. The van der Waals surface area contributed by atoms with Gasteiger partial charge >= 0.3 is 12.1 Å². The summed E-state index contributed by atoms with van der Waals surface area (Å²) < 4.78 is 5.49. The molecule has 4 N–H and O–H groups in total. The number of hydrogen-bond donors (Lipinski definition) is 4. The lowest BCUT2D eigenvalue weighted by Gasteiger charge is -2.24. The maximum absolute atomic E-state index is 12.2. The number of hydrogen-bond acceptors (Lipinski definition) is 5. The molecule has 2 unspecified atom stereocenters. The highest BCUT2D eigenvalue weighted by Gasteiger charge is 2.34. The third-order valence-corrected chi connectivity index (χ3v) is 5.99. The quantitative estimate of drug-likeness (QED) is 0.438. The van der Waals surface area contributed by atoms with Crippen molar-refractivity contribution < 1.29 is 29.3 Å². The second kappa shape index (κ2) is 10.5. The number of ether oxygens (including phenoxy) is 1. The second-order valence-electron chi connectivity index (χ2n) is 8.69. The summed E-state index contributed by atoms with van der Waals surface area (Å²) >= 11 is 0. The van der Waals surface area contributed by atoms with Crippen LogP contribution in [0, 0.1) is 5.92 Å². The molecule has 33 heavy (non-hydrogen) atoms. The molecule has 2 atom stereocenters. The maximum atomic E-state index is 12.2. The third-order valence-electron chi connectivity index (χ3n) is 5.99. The molecule has 0 aliphatic heterocycles. The van der Waals surface area contributed by atoms with E-state index in [1.165, 1.54) is 6.92 Å². The molecule has 1 aliphatic rings. The predicted molar refractivity (Wildman–Crippen MR) is 123 cm³/mol. The van der Waals surface area contributed by atoms with Crippen LogP contribution in [-0.2, 0) is 14.3 Å². The van der Waals surface area contributed by atoms with Crippen LogP contribution in [0.3, 0.4) is 0 Å². The van der Waals surface area contributed by atoms with Gasteiger partial charge in [0, 0.05) is 18.9 Å². The van der Waals surface area contributed by atoms with E-state index in [4.69, 9.17) is 9.84 Å². The lowest BCUT2D eigenvalue weighted by molar-refractivity contribution is -0.148. The molecule has 2 amide bonds. The molecular formula is C25H30N2O6. The molecule has 0 spiro atoms. The van der Waals surface area contributed by atoms with Crippen molar-refractivity contribution in [2.75, 3.05) is 19.8 Å². The Balaban J connectivity index is 1.43. The minimum Gasteiger partial charge on any atom is -0.479 e. The van der Waals surface area contributed by atoms with Crippen LogP contribution in [0.15, 0.2) is 48.5 Å². The average molecular weight is 455 g/mol. The van der Waals surface area contributed by atoms with Gasteiger partial charge in [-0.3, -0.25) is 4.79 Å². The minimum absolute atomic E-state index is 0.0131. The van der Waals surface area contributed by atoms with Crippen LogP contribution < -0.4 is 10.6 Å². The second-order valence-corrected chi connectivity index (χ2v) is 8.69. The summed E-state index contributed by atoms with van der Waals surface area (Å²) in [5.41, 5.74) is 2.89. The molecule has 8 heteroatoms. The number of nitrogens with one attached hydrogen (secondary N) is 2. The standard InChI is InChI=1S/C25H30N2O6/c1-16(13-22(29)27-25(2,15-28)23(30)31)11-12-26-24(32)33-14-21-19-9-5-3-7-17(19)18-8-4-6-10-20(18)21/h3-10,16,21,28H,11-15H2,1-2H3,(H,26,32)(H,27,29)(H,30,31). The number of carboxylic acids is 1. The minimum atomic E-state index is -1.71. The van der Waals surface area contributed by atoms with Crippen LogP contribution in [0.1, 0.15) is 43.7 Å². The van der Waals surface area contributed by atoms with Crippen molar-refractivity contribution in [2.45, 2.75) is 38.1 Å². The number of aliphatic hydroxyl groups excluding tert-OH is 1. The van der Waals surface area contributed by atoms with Crippen LogP contribution in [-0.4, -0.2) is 53.5 Å². The first-order valence-electron chi connectivity index (χ1n) is 11.0. The van der Waals surface area contributed by atoms with E-state index in [1.54, 1.807) is 0 Å². The number of benzene rings is 2. The lowest BCUT2D eigenvalue weighted by Crippen LogP contribution is -2.55. The SMILES string of the molecule is CC(CCNC(=O)OCC1c2ccccc2-c2ccccc21)CC(=O)NC(C)(CO)C(=O)O. The number of carbonyl (C=O) groups excluding carboxylic acids is 2. The molecule has 0 bridgehead atoms. The van der Waals surface area contributed by atoms with Gasteiger partial charge in [-0.1, -0.05) is 55.5 Å². The average Bonchev–Trinajstić information content (AvgIpc) is 3.11. The zero-order valence-corrected chi connectivity index (χ0v) is 18.8. The number of alkyl carbamates (subject to hydrolysis) is 1. The van der Waals surface area contributed by atoms with Gasteiger partial charge in [0.1, 0.15) is 6.61 Å². The molecule has 2 aromatic rings. The number of aliphatic hydroxyl groups is 1. The topological polar surface area (TPSA) is 125 Å². The Morgan fingerprint density at radius 3 is 2.18 bits per heavy atom. The Bertz CT molecular complexity index is 978. The molecule has 0 heterocycles. The first-order valence-corrected chi connectivity index (χ1v) is 11.0. The van der Waals surface area contributed by atoms with E-state index >= 15 is 0 Å². The van der Waals surface area contributed by atoms with Gasteiger partial charge in [0.25, 0.3) is 0 Å². The molecule has 3 rings (SSSR count). The molecular weight excluding hydrogens is 424 g/mol. The van der Waals surface area contributed by atoms with Crippen LogP contribution in [0.5, 0.6) is 0 Å². The Morgan fingerprint density at radius 1 is 1.06 bits per heavy atom. The van der Waals surface area contributed by atoms with E-state index in [1.807, 2.05) is 31.2 Å². The Morgan fingerprint density at radius 2 is 1.64 bits per heavy atom. The zero-order valence-electron chi connectivity index (χ0n) is 18.8. The fourth-order valence-corrected chi connectivity index (χ4v) is 4.01. The fourth-order valence-electron chi connectivity index (χ4n) is 4.01. The van der Waals surface area contributed by atoms with Gasteiger partial charge in [0.15, 0.2) is 5.54 Å². The third kappa shape index (κ3) is 5.70. The Hall–Kier alpha value is -3.39. The monoisotopic (exact) mass is 454 g/mol. The highest BCUT2D eigenvalue weighted by molar-refractivity contribution is 5.86. The van der Waals surface area contributed by atoms with Crippen LogP contribution in [0.2, 0.25) is 0 Å². The van der Waals surface area contributed by atoms with Crippen molar-refractivity contribution in [3.05, 3.63) is 59.7 Å². The summed E-state index contributed by atoms with van der Waals surface area (Å²) in [6.07, 6.45) is 0.0720. The van der Waals surface area contributed by atoms with Crippen LogP contribution in [0.25, 0.3) is 11.1 Å². The van der Waals surface area contributed by atoms with Crippen LogP contribution >= 0.6 is 0 Å². The van der Waals surface area contributed by atoms with Gasteiger partial charge < -0.3 is 25.6 Å². The number of amides is 2. The smallest absolute Gasteiger partial charge is 0.407 e. The molecule has 0 radical (unpaired) electrons. The normalized spacial score (nSPS) is 15.0.